The number of ketones is 3. The number of carbonyl (C=O) groups excluding carboxylic acids is 4. The smallest absolute Gasteiger partial charge is 0.317 e. The number of esters is 1. The summed E-state index contributed by atoms with van der Waals surface area (Å²) < 4.78 is 11.8. The molecular formula is C22H25BrO6. The molecule has 0 N–H and O–H groups in total. The van der Waals surface area contributed by atoms with Crippen LogP contribution < -0.4 is 0 Å². The Morgan fingerprint density at radius 2 is 2.00 bits per heavy atom. The summed E-state index contributed by atoms with van der Waals surface area (Å²) >= 11 is 3.10. The Morgan fingerprint density at radius 1 is 1.28 bits per heavy atom. The van der Waals surface area contributed by atoms with Gasteiger partial charge in [-0.2, -0.15) is 0 Å². The van der Waals surface area contributed by atoms with E-state index in [0.717, 1.165) is 6.42 Å². The van der Waals surface area contributed by atoms with Crippen LogP contribution in [-0.4, -0.2) is 47.5 Å². The van der Waals surface area contributed by atoms with E-state index in [1.54, 1.807) is 0 Å². The van der Waals surface area contributed by atoms with E-state index in [2.05, 4.69) is 22.5 Å². The van der Waals surface area contributed by atoms with Crippen LogP contribution in [0.5, 0.6) is 0 Å². The number of hydrogen-bond acceptors (Lipinski definition) is 6. The molecule has 6 fully saturated rings. The van der Waals surface area contributed by atoms with Crippen molar-refractivity contribution in [2.45, 2.75) is 51.7 Å². The molecule has 6 nitrogen and oxygen atoms in total. The van der Waals surface area contributed by atoms with Crippen LogP contribution in [-0.2, 0) is 28.7 Å². The van der Waals surface area contributed by atoms with Crippen LogP contribution in [0.15, 0.2) is 12.2 Å². The van der Waals surface area contributed by atoms with Crippen molar-refractivity contribution in [1.29, 1.82) is 0 Å². The maximum atomic E-state index is 14.0. The molecule has 0 aromatic heterocycles. The predicted octanol–water partition coefficient (Wildman–Crippen LogP) is 2.42. The second-order valence-electron chi connectivity index (χ2n) is 10.0. The Hall–Kier alpha value is -1.34. The molecule has 7 heteroatoms. The molecule has 4 aliphatic carbocycles. The van der Waals surface area contributed by atoms with E-state index < -0.39 is 40.2 Å². The SMILES string of the molecule is C=C1C(=O)[C@]23C[C@H]1CC[C@H]2[C@]12CO[C@@H](CC1=O)C(C)(C)[C@H]2[C@H](OC(=O)CBr)C3=O. The molecule has 2 spiro atoms. The monoisotopic (exact) mass is 464 g/mol. The zero-order valence-corrected chi connectivity index (χ0v) is 18.2. The number of carbonyl (C=O) groups is 4. The van der Waals surface area contributed by atoms with Crippen LogP contribution in [0, 0.1) is 34.0 Å². The summed E-state index contributed by atoms with van der Waals surface area (Å²) in [6.07, 6.45) is 0.591. The maximum absolute atomic E-state index is 14.0. The van der Waals surface area contributed by atoms with Gasteiger partial charge in [0.05, 0.1) is 23.5 Å². The molecule has 0 amide bonds. The number of ether oxygens (including phenoxy) is 2. The molecule has 156 valence electrons. The molecule has 0 unspecified atom stereocenters. The number of alkyl halides is 1. The summed E-state index contributed by atoms with van der Waals surface area (Å²) in [6.45, 7) is 8.15. The standard InChI is InChI=1S/C22H25BrO6/c1-10-11-4-5-12-21(7-11,18(10)26)19(27)16(29-15(25)8-23)17-20(2,3)14-6-13(24)22(12,17)9-28-14/h11-12,14,16-17H,1,4-9H2,2-3H3/t11-,12-,14+,16+,17-,21+,22-/m1/s1. The first-order chi connectivity index (χ1) is 13.6. The van der Waals surface area contributed by atoms with Crippen LogP contribution in [0.2, 0.25) is 0 Å². The molecule has 6 rings (SSSR count). The molecule has 2 aliphatic heterocycles. The Balaban J connectivity index is 1.75. The first-order valence-electron chi connectivity index (χ1n) is 10.3. The summed E-state index contributed by atoms with van der Waals surface area (Å²) in [5.74, 6) is -2.02. The van der Waals surface area contributed by atoms with Crippen LogP contribution in [0.3, 0.4) is 0 Å². The average molecular weight is 465 g/mol. The Morgan fingerprint density at radius 3 is 2.66 bits per heavy atom. The van der Waals surface area contributed by atoms with E-state index >= 15 is 0 Å². The summed E-state index contributed by atoms with van der Waals surface area (Å²) in [6, 6.07) is 0. The van der Waals surface area contributed by atoms with E-state index in [1.165, 1.54) is 0 Å². The van der Waals surface area contributed by atoms with Gasteiger partial charge in [-0.15, -0.1) is 0 Å². The van der Waals surface area contributed by atoms with E-state index in [0.29, 0.717) is 18.4 Å². The van der Waals surface area contributed by atoms with E-state index in [9.17, 15) is 19.2 Å². The fourth-order valence-electron chi connectivity index (χ4n) is 7.56. The van der Waals surface area contributed by atoms with Crippen LogP contribution in [0.4, 0.5) is 0 Å². The fourth-order valence-corrected chi connectivity index (χ4v) is 7.69. The van der Waals surface area contributed by atoms with Gasteiger partial charge < -0.3 is 9.47 Å². The van der Waals surface area contributed by atoms with Gasteiger partial charge in [-0.05, 0) is 42.1 Å². The summed E-state index contributed by atoms with van der Waals surface area (Å²) in [7, 11) is 0. The number of hydrogen-bond donors (Lipinski definition) is 0. The van der Waals surface area contributed by atoms with E-state index in [-0.39, 0.29) is 47.7 Å². The summed E-state index contributed by atoms with van der Waals surface area (Å²) in [5, 5.41) is -0.0511. The molecule has 4 bridgehead atoms. The van der Waals surface area contributed by atoms with Crippen molar-refractivity contribution in [3.8, 4) is 0 Å². The largest absolute Gasteiger partial charge is 0.453 e. The quantitative estimate of drug-likeness (QED) is 0.270. The minimum Gasteiger partial charge on any atom is -0.453 e. The minimum absolute atomic E-state index is 0.0351. The Labute approximate surface area is 177 Å². The highest BCUT2D eigenvalue weighted by atomic mass is 79.9. The second kappa shape index (κ2) is 5.88. The highest BCUT2D eigenvalue weighted by Crippen LogP contribution is 2.71. The van der Waals surface area contributed by atoms with Crippen molar-refractivity contribution in [2.24, 2.45) is 34.0 Å². The van der Waals surface area contributed by atoms with Crippen molar-refractivity contribution in [2.75, 3.05) is 11.9 Å². The van der Waals surface area contributed by atoms with Gasteiger partial charge in [0, 0.05) is 12.3 Å². The molecule has 2 saturated heterocycles. The lowest BCUT2D eigenvalue weighted by atomic mass is 9.37. The third-order valence-corrected chi connectivity index (χ3v) is 9.20. The third kappa shape index (κ3) is 2.06. The molecule has 29 heavy (non-hydrogen) atoms. The molecule has 6 aliphatic rings. The van der Waals surface area contributed by atoms with E-state index in [1.807, 2.05) is 13.8 Å². The van der Waals surface area contributed by atoms with Crippen LogP contribution >= 0.6 is 15.9 Å². The third-order valence-electron chi connectivity index (χ3n) is 8.75. The zero-order valence-electron chi connectivity index (χ0n) is 16.7. The molecule has 4 saturated carbocycles. The number of halogens is 1. The van der Waals surface area contributed by atoms with Crippen molar-refractivity contribution < 1.29 is 28.7 Å². The highest BCUT2D eigenvalue weighted by Gasteiger charge is 2.79. The van der Waals surface area contributed by atoms with Gasteiger partial charge in [0.1, 0.15) is 11.1 Å². The van der Waals surface area contributed by atoms with Gasteiger partial charge >= 0.3 is 5.97 Å². The molecule has 7 atom stereocenters. The van der Waals surface area contributed by atoms with Gasteiger partial charge in [0.15, 0.2) is 17.7 Å². The normalized spacial score (nSPS) is 47.1. The van der Waals surface area contributed by atoms with Gasteiger partial charge in [-0.3, -0.25) is 19.2 Å². The van der Waals surface area contributed by atoms with Gasteiger partial charge in [0.2, 0.25) is 0 Å². The minimum atomic E-state index is -1.31. The number of allylic oxidation sites excluding steroid dienone is 1. The van der Waals surface area contributed by atoms with Crippen molar-refractivity contribution >= 4 is 39.2 Å². The molecule has 0 aromatic rings. The van der Waals surface area contributed by atoms with Crippen molar-refractivity contribution in [3.05, 3.63) is 12.2 Å². The van der Waals surface area contributed by atoms with E-state index in [4.69, 9.17) is 9.47 Å². The average Bonchev–Trinajstić information content (AvgIpc) is 2.87. The van der Waals surface area contributed by atoms with Crippen molar-refractivity contribution in [1.82, 2.24) is 0 Å². The maximum Gasteiger partial charge on any atom is 0.317 e. The van der Waals surface area contributed by atoms with Gasteiger partial charge in [-0.25, -0.2) is 0 Å². The molecule has 2 heterocycles. The first-order valence-corrected chi connectivity index (χ1v) is 11.4. The molecular weight excluding hydrogens is 440 g/mol. The van der Waals surface area contributed by atoms with Gasteiger partial charge in [-0.1, -0.05) is 36.4 Å². The molecule has 0 aromatic carbocycles. The lowest BCUT2D eigenvalue weighted by Crippen LogP contribution is -2.77. The predicted molar refractivity (Wildman–Crippen MR) is 105 cm³/mol. The Kier molecular flexibility index (Phi) is 3.97. The number of Topliss-reactive ketones (excluding diaryl/α,β-unsaturated/α-hetero) is 3. The topological polar surface area (TPSA) is 86.7 Å². The lowest BCUT2D eigenvalue weighted by molar-refractivity contribution is -0.270. The highest BCUT2D eigenvalue weighted by molar-refractivity contribution is 9.09. The van der Waals surface area contributed by atoms with Crippen LogP contribution in [0.25, 0.3) is 0 Å². The fraction of sp³-hybridized carbons (Fsp3) is 0.727. The summed E-state index contributed by atoms with van der Waals surface area (Å²) in [4.78, 5) is 53.2. The lowest BCUT2D eigenvalue weighted by Gasteiger charge is -2.67. The first kappa shape index (κ1) is 19.6. The second-order valence-corrected chi connectivity index (χ2v) is 10.6. The summed E-state index contributed by atoms with van der Waals surface area (Å²) in [5.41, 5.74) is -2.34. The zero-order chi connectivity index (χ0) is 20.9. The number of fused-ring (bicyclic) bond motifs is 3. The number of rotatable bonds is 2. The van der Waals surface area contributed by atoms with Crippen molar-refractivity contribution in [3.63, 3.8) is 0 Å². The van der Waals surface area contributed by atoms with Gasteiger partial charge in [0.25, 0.3) is 0 Å². The molecule has 0 radical (unpaired) electrons. The Bertz CT molecular complexity index is 877. The van der Waals surface area contributed by atoms with Crippen LogP contribution in [0.1, 0.15) is 39.5 Å².